The number of nitrogens with zero attached hydrogens (tertiary/aromatic N) is 2. The molecule has 1 aliphatic heterocycles. The molecule has 0 radical (unpaired) electrons. The minimum absolute atomic E-state index is 0. The largest absolute Gasteiger partial charge is 0.357 e. The van der Waals surface area contributed by atoms with Gasteiger partial charge in [0.2, 0.25) is 0 Å². The molecule has 0 aromatic heterocycles. The molecule has 26 heavy (non-hydrogen) atoms. The molecule has 0 saturated carbocycles. The summed E-state index contributed by atoms with van der Waals surface area (Å²) in [5, 5.41) is 3.28. The molecular formula is C19H30IN3O2S. The SMILES string of the molecule is CCNC(=NCCS(=O)(=O)CC)N1CCC(=Cc2ccccc2)CC1.I. The van der Waals surface area contributed by atoms with E-state index >= 15 is 0 Å². The molecule has 1 fully saturated rings. The van der Waals surface area contributed by atoms with Crippen LogP contribution < -0.4 is 5.32 Å². The zero-order valence-electron chi connectivity index (χ0n) is 15.6. The zero-order chi connectivity index (χ0) is 18.1. The van der Waals surface area contributed by atoms with Gasteiger partial charge in [-0.1, -0.05) is 48.9 Å². The Labute approximate surface area is 174 Å². The van der Waals surface area contributed by atoms with Crippen molar-refractivity contribution in [2.24, 2.45) is 4.99 Å². The molecule has 7 heteroatoms. The summed E-state index contributed by atoms with van der Waals surface area (Å²) < 4.78 is 23.2. The van der Waals surface area contributed by atoms with Gasteiger partial charge < -0.3 is 10.2 Å². The summed E-state index contributed by atoms with van der Waals surface area (Å²) in [4.78, 5) is 6.74. The van der Waals surface area contributed by atoms with E-state index in [4.69, 9.17) is 0 Å². The van der Waals surface area contributed by atoms with Crippen molar-refractivity contribution in [2.75, 3.05) is 37.7 Å². The number of benzene rings is 1. The molecule has 0 bridgehead atoms. The number of rotatable bonds is 6. The maximum atomic E-state index is 11.6. The fraction of sp³-hybridized carbons (Fsp3) is 0.526. The molecular weight excluding hydrogens is 461 g/mol. The van der Waals surface area contributed by atoms with Gasteiger partial charge in [-0.25, -0.2) is 8.42 Å². The normalized spacial score (nSPS) is 15.4. The molecule has 1 saturated heterocycles. The smallest absolute Gasteiger partial charge is 0.193 e. The lowest BCUT2D eigenvalue weighted by Gasteiger charge is -2.31. The molecule has 0 atom stereocenters. The third kappa shape index (κ3) is 7.65. The van der Waals surface area contributed by atoms with E-state index in [1.54, 1.807) is 6.92 Å². The molecule has 1 aromatic rings. The second-order valence-electron chi connectivity index (χ2n) is 6.17. The van der Waals surface area contributed by atoms with Gasteiger partial charge in [0.25, 0.3) is 0 Å². The number of hydrogen-bond acceptors (Lipinski definition) is 3. The average molecular weight is 491 g/mol. The van der Waals surface area contributed by atoms with Crippen molar-refractivity contribution in [1.82, 2.24) is 10.2 Å². The Bertz CT molecular complexity index is 693. The third-order valence-corrected chi connectivity index (χ3v) is 6.00. The first kappa shape index (κ1) is 23.0. The van der Waals surface area contributed by atoms with Crippen molar-refractivity contribution in [3.63, 3.8) is 0 Å². The van der Waals surface area contributed by atoms with Crippen LogP contribution in [0.2, 0.25) is 0 Å². The van der Waals surface area contributed by atoms with E-state index in [1.807, 2.05) is 13.0 Å². The van der Waals surface area contributed by atoms with Crippen LogP contribution in [0.4, 0.5) is 0 Å². The van der Waals surface area contributed by atoms with Gasteiger partial charge in [-0.2, -0.15) is 0 Å². The predicted molar refractivity (Wildman–Crippen MR) is 121 cm³/mol. The highest BCUT2D eigenvalue weighted by atomic mass is 127. The van der Waals surface area contributed by atoms with Crippen LogP contribution in [0.5, 0.6) is 0 Å². The van der Waals surface area contributed by atoms with Crippen molar-refractivity contribution >= 4 is 45.8 Å². The highest BCUT2D eigenvalue weighted by Crippen LogP contribution is 2.19. The summed E-state index contributed by atoms with van der Waals surface area (Å²) in [6.45, 7) is 6.62. The minimum Gasteiger partial charge on any atom is -0.357 e. The first-order chi connectivity index (χ1) is 12.0. The fourth-order valence-electron chi connectivity index (χ4n) is 2.80. The van der Waals surface area contributed by atoms with Crippen LogP contribution in [0.15, 0.2) is 40.9 Å². The molecule has 2 rings (SSSR count). The van der Waals surface area contributed by atoms with Crippen LogP contribution in [-0.2, 0) is 9.84 Å². The van der Waals surface area contributed by atoms with Crippen LogP contribution in [0, 0.1) is 0 Å². The molecule has 0 spiro atoms. The van der Waals surface area contributed by atoms with E-state index in [0.29, 0.717) is 6.54 Å². The third-order valence-electron chi connectivity index (χ3n) is 4.31. The summed E-state index contributed by atoms with van der Waals surface area (Å²) in [5.41, 5.74) is 2.70. The Hall–Kier alpha value is -1.09. The highest BCUT2D eigenvalue weighted by molar-refractivity contribution is 14.0. The number of hydrogen-bond donors (Lipinski definition) is 1. The Kier molecular flexibility index (Phi) is 10.2. The fourth-order valence-corrected chi connectivity index (χ4v) is 3.45. The van der Waals surface area contributed by atoms with Gasteiger partial charge >= 0.3 is 0 Å². The van der Waals surface area contributed by atoms with Gasteiger partial charge in [0.1, 0.15) is 0 Å². The van der Waals surface area contributed by atoms with E-state index in [-0.39, 0.29) is 35.5 Å². The highest BCUT2D eigenvalue weighted by Gasteiger charge is 2.17. The van der Waals surface area contributed by atoms with Crippen LogP contribution >= 0.6 is 24.0 Å². The lowest BCUT2D eigenvalue weighted by molar-refractivity contribution is 0.376. The summed E-state index contributed by atoms with van der Waals surface area (Å²) >= 11 is 0. The van der Waals surface area contributed by atoms with Crippen LogP contribution in [0.1, 0.15) is 32.3 Å². The van der Waals surface area contributed by atoms with E-state index in [0.717, 1.165) is 38.4 Å². The molecule has 5 nitrogen and oxygen atoms in total. The van der Waals surface area contributed by atoms with Crippen molar-refractivity contribution in [3.05, 3.63) is 41.5 Å². The summed E-state index contributed by atoms with van der Waals surface area (Å²) in [7, 11) is -2.97. The van der Waals surface area contributed by atoms with Gasteiger partial charge in [-0.05, 0) is 25.3 Å². The Morgan fingerprint density at radius 3 is 2.42 bits per heavy atom. The molecule has 1 aromatic carbocycles. The summed E-state index contributed by atoms with van der Waals surface area (Å²) in [6.07, 6.45) is 4.29. The quantitative estimate of drug-likeness (QED) is 0.377. The average Bonchev–Trinajstić information content (AvgIpc) is 2.62. The number of sulfone groups is 1. The monoisotopic (exact) mass is 491 g/mol. The van der Waals surface area contributed by atoms with Crippen LogP contribution in [0.25, 0.3) is 6.08 Å². The number of halogens is 1. The summed E-state index contributed by atoms with van der Waals surface area (Å²) in [6, 6.07) is 10.4. The van der Waals surface area contributed by atoms with Crippen LogP contribution in [-0.4, -0.2) is 57.0 Å². The van der Waals surface area contributed by atoms with E-state index in [2.05, 4.69) is 45.6 Å². The molecule has 1 heterocycles. The molecule has 0 aliphatic carbocycles. The van der Waals surface area contributed by atoms with E-state index < -0.39 is 9.84 Å². The number of likely N-dealkylation sites (tertiary alicyclic amines) is 1. The maximum Gasteiger partial charge on any atom is 0.193 e. The van der Waals surface area contributed by atoms with Crippen molar-refractivity contribution < 1.29 is 8.42 Å². The Morgan fingerprint density at radius 2 is 1.85 bits per heavy atom. The van der Waals surface area contributed by atoms with Gasteiger partial charge in [-0.3, -0.25) is 4.99 Å². The van der Waals surface area contributed by atoms with Gasteiger partial charge in [0, 0.05) is 25.4 Å². The topological polar surface area (TPSA) is 61.8 Å². The number of nitrogens with one attached hydrogen (secondary N) is 1. The van der Waals surface area contributed by atoms with Gasteiger partial charge in [0.05, 0.1) is 12.3 Å². The van der Waals surface area contributed by atoms with E-state index in [9.17, 15) is 8.42 Å². The minimum atomic E-state index is -2.97. The lowest BCUT2D eigenvalue weighted by Crippen LogP contribution is -2.44. The van der Waals surface area contributed by atoms with Gasteiger partial charge in [-0.15, -0.1) is 24.0 Å². The van der Waals surface area contributed by atoms with Gasteiger partial charge in [0.15, 0.2) is 15.8 Å². The Balaban J connectivity index is 0.00000338. The Morgan fingerprint density at radius 1 is 1.19 bits per heavy atom. The number of piperidine rings is 1. The second kappa shape index (κ2) is 11.6. The maximum absolute atomic E-state index is 11.6. The summed E-state index contributed by atoms with van der Waals surface area (Å²) in [5.74, 6) is 1.12. The molecule has 0 amide bonds. The molecule has 1 N–H and O–H groups in total. The van der Waals surface area contributed by atoms with E-state index in [1.165, 1.54) is 11.1 Å². The molecule has 146 valence electrons. The first-order valence-corrected chi connectivity index (χ1v) is 10.8. The van der Waals surface area contributed by atoms with Crippen LogP contribution in [0.3, 0.4) is 0 Å². The van der Waals surface area contributed by atoms with Crippen molar-refractivity contribution in [2.45, 2.75) is 26.7 Å². The zero-order valence-corrected chi connectivity index (χ0v) is 18.8. The van der Waals surface area contributed by atoms with Crippen molar-refractivity contribution in [3.8, 4) is 0 Å². The lowest BCUT2D eigenvalue weighted by atomic mass is 10.0. The predicted octanol–water partition coefficient (Wildman–Crippen LogP) is 3.18. The second-order valence-corrected chi connectivity index (χ2v) is 8.65. The molecule has 0 unspecified atom stereocenters. The number of guanidine groups is 1. The standard InChI is InChI=1S/C19H29N3O2S.HI/c1-3-20-19(21-12-15-25(23,24)4-2)22-13-10-18(11-14-22)16-17-8-6-5-7-9-17;/h5-9,16H,3-4,10-15H2,1-2H3,(H,20,21);1H. The molecule has 1 aliphatic rings. The first-order valence-electron chi connectivity index (χ1n) is 9.02. The van der Waals surface area contributed by atoms with Crippen molar-refractivity contribution in [1.29, 1.82) is 0 Å². The number of aliphatic imine (C=N–C) groups is 1.